The van der Waals surface area contributed by atoms with E-state index in [9.17, 15) is 18.5 Å². The SMILES string of the molecule is CNC(=O)N(c1ccc(S(=O)(=O)Nc2ccon2)cn1)c1cc(Cl)c(-c2cc(Cl)cc(C#N)c2)cc1OC. The second kappa shape index (κ2) is 11.0. The van der Waals surface area contributed by atoms with Crippen molar-refractivity contribution < 1.29 is 22.5 Å². The van der Waals surface area contributed by atoms with Crippen LogP contribution in [0.4, 0.5) is 22.1 Å². The number of sulfonamides is 1. The molecule has 0 aliphatic heterocycles. The molecular formula is C24H18Cl2N6O5S. The van der Waals surface area contributed by atoms with E-state index in [-0.39, 0.29) is 33.0 Å². The quantitative estimate of drug-likeness (QED) is 0.306. The van der Waals surface area contributed by atoms with Crippen LogP contribution >= 0.6 is 23.2 Å². The number of carbonyl (C=O) groups excluding carboxylic acids is 1. The number of rotatable bonds is 7. The van der Waals surface area contributed by atoms with Crippen LogP contribution in [0.1, 0.15) is 5.56 Å². The summed E-state index contributed by atoms with van der Waals surface area (Å²) in [4.78, 5) is 18.1. The molecule has 194 valence electrons. The van der Waals surface area contributed by atoms with Gasteiger partial charge in [0, 0.05) is 29.9 Å². The molecule has 2 aromatic heterocycles. The van der Waals surface area contributed by atoms with Gasteiger partial charge in [-0.15, -0.1) is 0 Å². The van der Waals surface area contributed by atoms with Gasteiger partial charge in [0.15, 0.2) is 5.82 Å². The summed E-state index contributed by atoms with van der Waals surface area (Å²) in [5.41, 5.74) is 1.65. The standard InChI is InChI=1S/C24H18Cl2N6O5S/c1-28-24(33)32(23-4-3-17(13-29-23)38(34,35)31-22-5-6-37-30-22)20-11-19(26)18(10-21(20)36-2)15-7-14(12-27)8-16(25)9-15/h3-11,13H,1-2H3,(H,28,33)(H,30,31). The Hall–Kier alpha value is -4.31. The van der Waals surface area contributed by atoms with Gasteiger partial charge in [-0.3, -0.25) is 4.72 Å². The molecule has 0 saturated carbocycles. The lowest BCUT2D eigenvalue weighted by Crippen LogP contribution is -2.35. The average molecular weight is 573 g/mol. The van der Waals surface area contributed by atoms with Gasteiger partial charge in [0.2, 0.25) is 0 Å². The molecule has 4 rings (SSSR count). The third-order valence-electron chi connectivity index (χ3n) is 5.20. The highest BCUT2D eigenvalue weighted by Gasteiger charge is 2.25. The summed E-state index contributed by atoms with van der Waals surface area (Å²) in [7, 11) is -1.18. The highest BCUT2D eigenvalue weighted by molar-refractivity contribution is 7.92. The van der Waals surface area contributed by atoms with Crippen molar-refractivity contribution in [1.29, 1.82) is 5.26 Å². The summed E-state index contributed by atoms with van der Waals surface area (Å²) in [6.45, 7) is 0. The minimum atomic E-state index is -4.01. The highest BCUT2D eigenvalue weighted by Crippen LogP contribution is 2.42. The number of anilines is 3. The van der Waals surface area contributed by atoms with Gasteiger partial charge in [-0.05, 0) is 48.0 Å². The Morgan fingerprint density at radius 2 is 1.95 bits per heavy atom. The van der Waals surface area contributed by atoms with Crippen LogP contribution in [0.3, 0.4) is 0 Å². The maximum atomic E-state index is 12.9. The molecule has 0 aliphatic rings. The number of carbonyl (C=O) groups is 1. The molecule has 0 bridgehead atoms. The lowest BCUT2D eigenvalue weighted by Gasteiger charge is -2.24. The van der Waals surface area contributed by atoms with Crippen LogP contribution in [0.5, 0.6) is 5.75 Å². The molecular weight excluding hydrogens is 555 g/mol. The number of hydrogen-bond acceptors (Lipinski definition) is 8. The molecule has 0 radical (unpaired) electrons. The number of pyridine rings is 1. The van der Waals surface area contributed by atoms with E-state index >= 15 is 0 Å². The summed E-state index contributed by atoms with van der Waals surface area (Å²) in [5.74, 6) is 0.334. The zero-order chi connectivity index (χ0) is 27.4. The van der Waals surface area contributed by atoms with Gasteiger partial charge in [-0.1, -0.05) is 28.4 Å². The van der Waals surface area contributed by atoms with Crippen LogP contribution in [-0.2, 0) is 10.0 Å². The highest BCUT2D eigenvalue weighted by atomic mass is 35.5. The number of hydrogen-bond donors (Lipinski definition) is 2. The molecule has 0 unspecified atom stereocenters. The number of amides is 2. The Balaban J connectivity index is 1.76. The molecule has 14 heteroatoms. The van der Waals surface area contributed by atoms with Gasteiger partial charge in [0.25, 0.3) is 10.0 Å². The lowest BCUT2D eigenvalue weighted by atomic mass is 10.0. The first kappa shape index (κ1) is 26.7. The molecule has 0 aliphatic carbocycles. The molecule has 2 amide bonds. The van der Waals surface area contributed by atoms with Crippen LogP contribution < -0.4 is 19.7 Å². The van der Waals surface area contributed by atoms with E-state index < -0.39 is 16.1 Å². The maximum Gasteiger partial charge on any atom is 0.327 e. The van der Waals surface area contributed by atoms with Gasteiger partial charge in [0.1, 0.15) is 22.7 Å². The van der Waals surface area contributed by atoms with Gasteiger partial charge in [-0.25, -0.2) is 23.1 Å². The second-order valence-corrected chi connectivity index (χ2v) is 10.1. The zero-order valence-corrected chi connectivity index (χ0v) is 22.1. The van der Waals surface area contributed by atoms with Crippen molar-refractivity contribution in [3.63, 3.8) is 0 Å². The smallest absolute Gasteiger partial charge is 0.327 e. The third-order valence-corrected chi connectivity index (χ3v) is 7.07. The number of halogens is 2. The van der Waals surface area contributed by atoms with E-state index in [1.807, 2.05) is 6.07 Å². The van der Waals surface area contributed by atoms with Crippen LogP contribution in [0.2, 0.25) is 10.0 Å². The van der Waals surface area contributed by atoms with Crippen molar-refractivity contribution in [3.8, 4) is 22.9 Å². The Morgan fingerprint density at radius 3 is 2.55 bits per heavy atom. The summed E-state index contributed by atoms with van der Waals surface area (Å²) in [6, 6.07) is 13.3. The number of ether oxygens (including phenoxy) is 1. The average Bonchev–Trinajstić information content (AvgIpc) is 3.41. The summed E-state index contributed by atoms with van der Waals surface area (Å²) in [5, 5.41) is 15.9. The first-order valence-corrected chi connectivity index (χ1v) is 12.9. The van der Waals surface area contributed by atoms with Gasteiger partial charge in [0.05, 0.1) is 29.5 Å². The largest absolute Gasteiger partial charge is 0.495 e. The van der Waals surface area contributed by atoms with E-state index in [1.165, 1.54) is 55.7 Å². The van der Waals surface area contributed by atoms with Crippen molar-refractivity contribution in [2.75, 3.05) is 23.8 Å². The van der Waals surface area contributed by atoms with Gasteiger partial charge < -0.3 is 14.6 Å². The Morgan fingerprint density at radius 1 is 1.16 bits per heavy atom. The fourth-order valence-electron chi connectivity index (χ4n) is 3.49. The number of nitrogens with one attached hydrogen (secondary N) is 2. The second-order valence-electron chi connectivity index (χ2n) is 7.58. The molecule has 0 saturated heterocycles. The topological polar surface area (TPSA) is 150 Å². The van der Waals surface area contributed by atoms with E-state index in [2.05, 4.69) is 24.7 Å². The van der Waals surface area contributed by atoms with Crippen LogP contribution in [0, 0.1) is 11.3 Å². The number of nitriles is 1. The van der Waals surface area contributed by atoms with E-state index in [0.717, 1.165) is 6.20 Å². The molecule has 2 N–H and O–H groups in total. The summed E-state index contributed by atoms with van der Waals surface area (Å²) >= 11 is 12.8. The Labute approximate surface area is 227 Å². The van der Waals surface area contributed by atoms with Gasteiger partial charge in [-0.2, -0.15) is 5.26 Å². The number of methoxy groups -OCH3 is 1. The minimum absolute atomic E-state index is 0.00197. The van der Waals surface area contributed by atoms with E-state index in [1.54, 1.807) is 18.2 Å². The number of nitrogens with zero attached hydrogens (tertiary/aromatic N) is 4. The zero-order valence-electron chi connectivity index (χ0n) is 19.8. The fraction of sp³-hybridized carbons (Fsp3) is 0.0833. The molecule has 2 heterocycles. The van der Waals surface area contributed by atoms with E-state index in [0.29, 0.717) is 21.7 Å². The van der Waals surface area contributed by atoms with Crippen molar-refractivity contribution in [1.82, 2.24) is 15.5 Å². The predicted molar refractivity (Wildman–Crippen MR) is 141 cm³/mol. The normalized spacial score (nSPS) is 10.9. The number of benzene rings is 2. The maximum absolute atomic E-state index is 12.9. The lowest BCUT2D eigenvalue weighted by molar-refractivity contribution is 0.250. The fourth-order valence-corrected chi connectivity index (χ4v) is 4.93. The first-order chi connectivity index (χ1) is 18.2. The van der Waals surface area contributed by atoms with Crippen molar-refractivity contribution >= 4 is 56.6 Å². The van der Waals surface area contributed by atoms with Gasteiger partial charge >= 0.3 is 6.03 Å². The third kappa shape index (κ3) is 5.50. The molecule has 0 atom stereocenters. The minimum Gasteiger partial charge on any atom is -0.495 e. The summed E-state index contributed by atoms with van der Waals surface area (Å²) < 4.78 is 37.7. The molecule has 2 aromatic carbocycles. The number of urea groups is 1. The molecule has 38 heavy (non-hydrogen) atoms. The van der Waals surface area contributed by atoms with Crippen molar-refractivity contribution in [2.24, 2.45) is 0 Å². The van der Waals surface area contributed by atoms with Crippen molar-refractivity contribution in [2.45, 2.75) is 4.90 Å². The summed E-state index contributed by atoms with van der Waals surface area (Å²) in [6.07, 6.45) is 2.31. The van der Waals surface area contributed by atoms with Crippen LogP contribution in [0.15, 0.2) is 70.4 Å². The van der Waals surface area contributed by atoms with Crippen LogP contribution in [-0.4, -0.2) is 38.7 Å². The Kier molecular flexibility index (Phi) is 7.72. The molecule has 11 nitrogen and oxygen atoms in total. The molecule has 0 spiro atoms. The van der Waals surface area contributed by atoms with Crippen molar-refractivity contribution in [3.05, 3.63) is 76.6 Å². The number of aromatic nitrogens is 2. The van der Waals surface area contributed by atoms with E-state index in [4.69, 9.17) is 27.9 Å². The predicted octanol–water partition coefficient (Wildman–Crippen LogP) is 5.20. The first-order valence-electron chi connectivity index (χ1n) is 10.7. The molecule has 0 fully saturated rings. The Bertz CT molecular complexity index is 1640. The van der Waals surface area contributed by atoms with Crippen LogP contribution in [0.25, 0.3) is 11.1 Å². The monoisotopic (exact) mass is 572 g/mol. The molecule has 4 aromatic rings.